The number of carboxylic acid groups (broad SMARTS) is 2. The molecule has 2 heterocycles. The smallest absolute Gasteiger partial charge is 0.326 e. The van der Waals surface area contributed by atoms with E-state index in [0.717, 1.165) is 0 Å². The molecule has 208 valence electrons. The van der Waals surface area contributed by atoms with Crippen LogP contribution in [0.5, 0.6) is 0 Å². The minimum atomic E-state index is -1.41. The van der Waals surface area contributed by atoms with Gasteiger partial charge in [-0.3, -0.25) is 19.2 Å². The summed E-state index contributed by atoms with van der Waals surface area (Å²) >= 11 is 0. The topological polar surface area (TPSA) is 271 Å². The molecule has 2 rings (SSSR count). The molecule has 11 N–H and O–H groups in total. The molecule has 16 heteroatoms. The fourth-order valence-corrected chi connectivity index (χ4v) is 3.51. The predicted molar refractivity (Wildman–Crippen MR) is 131 cm³/mol. The molecular formula is C22H33N9O7. The van der Waals surface area contributed by atoms with Crippen molar-refractivity contribution in [3.63, 3.8) is 0 Å². The predicted octanol–water partition coefficient (Wildman–Crippen LogP) is -2.61. The Bertz CT molecular complexity index is 1060. The zero-order valence-corrected chi connectivity index (χ0v) is 20.6. The summed E-state index contributed by atoms with van der Waals surface area (Å²) in [4.78, 5) is 74.7. The van der Waals surface area contributed by atoms with Crippen molar-refractivity contribution in [3.8, 4) is 0 Å². The first kappa shape index (κ1) is 29.9. The SMILES string of the molecule is NCCCCC(NC(=O)C(Cc1cnc[nH]1)NC(=O)C(N)CC(=O)O)C(=O)NC(Cc1cnc[nH]1)C(=O)O. The molecule has 0 saturated heterocycles. The molecule has 0 aliphatic carbocycles. The van der Waals surface area contributed by atoms with Crippen molar-refractivity contribution in [3.05, 3.63) is 36.4 Å². The molecule has 16 nitrogen and oxygen atoms in total. The summed E-state index contributed by atoms with van der Waals surface area (Å²) in [5.74, 6) is -4.94. The number of H-pyrrole nitrogens is 2. The minimum absolute atomic E-state index is 0.0634. The van der Waals surface area contributed by atoms with Crippen LogP contribution in [0.2, 0.25) is 0 Å². The molecule has 0 aliphatic rings. The molecule has 0 radical (unpaired) electrons. The number of aromatic nitrogens is 4. The van der Waals surface area contributed by atoms with E-state index >= 15 is 0 Å². The number of unbranched alkanes of at least 4 members (excludes halogenated alkanes) is 1. The van der Waals surface area contributed by atoms with Gasteiger partial charge >= 0.3 is 11.9 Å². The van der Waals surface area contributed by atoms with Crippen molar-refractivity contribution in [2.75, 3.05) is 6.54 Å². The highest BCUT2D eigenvalue weighted by Gasteiger charge is 2.31. The van der Waals surface area contributed by atoms with Crippen LogP contribution in [0, 0.1) is 0 Å². The Morgan fingerprint density at radius 3 is 1.84 bits per heavy atom. The van der Waals surface area contributed by atoms with Gasteiger partial charge in [0.1, 0.15) is 18.1 Å². The Balaban J connectivity index is 2.17. The number of carboxylic acids is 2. The number of carbonyl (C=O) groups excluding carboxylic acids is 3. The molecule has 3 amide bonds. The van der Waals surface area contributed by atoms with Crippen LogP contribution in [0.4, 0.5) is 0 Å². The monoisotopic (exact) mass is 535 g/mol. The molecule has 4 unspecified atom stereocenters. The van der Waals surface area contributed by atoms with Crippen LogP contribution >= 0.6 is 0 Å². The van der Waals surface area contributed by atoms with E-state index in [4.69, 9.17) is 16.6 Å². The number of amides is 3. The van der Waals surface area contributed by atoms with Gasteiger partial charge in [-0.15, -0.1) is 0 Å². The second-order valence-electron chi connectivity index (χ2n) is 8.57. The highest BCUT2D eigenvalue weighted by molar-refractivity contribution is 5.94. The Morgan fingerprint density at radius 1 is 0.816 bits per heavy atom. The largest absolute Gasteiger partial charge is 0.481 e. The second-order valence-corrected chi connectivity index (χ2v) is 8.57. The van der Waals surface area contributed by atoms with E-state index < -0.39 is 60.2 Å². The lowest BCUT2D eigenvalue weighted by Crippen LogP contribution is -2.58. The average molecular weight is 536 g/mol. The quantitative estimate of drug-likeness (QED) is 0.0946. The van der Waals surface area contributed by atoms with E-state index in [9.17, 15) is 29.1 Å². The van der Waals surface area contributed by atoms with Crippen molar-refractivity contribution in [1.29, 1.82) is 0 Å². The Kier molecular flexibility index (Phi) is 11.9. The first-order valence-corrected chi connectivity index (χ1v) is 11.9. The first-order valence-electron chi connectivity index (χ1n) is 11.9. The Morgan fingerprint density at radius 2 is 1.34 bits per heavy atom. The molecule has 0 fully saturated rings. The van der Waals surface area contributed by atoms with E-state index in [-0.39, 0.29) is 19.3 Å². The van der Waals surface area contributed by atoms with E-state index in [1.54, 1.807) is 0 Å². The number of aromatic amines is 2. The van der Waals surface area contributed by atoms with Gasteiger partial charge in [0.25, 0.3) is 0 Å². The van der Waals surface area contributed by atoms with Crippen molar-refractivity contribution in [2.45, 2.75) is 62.7 Å². The number of hydrogen-bond acceptors (Lipinski definition) is 9. The van der Waals surface area contributed by atoms with Crippen molar-refractivity contribution in [2.24, 2.45) is 11.5 Å². The fraction of sp³-hybridized carbons (Fsp3) is 0.500. The van der Waals surface area contributed by atoms with Gasteiger partial charge < -0.3 is 47.6 Å². The molecular weight excluding hydrogens is 502 g/mol. The molecule has 0 spiro atoms. The van der Waals surface area contributed by atoms with Gasteiger partial charge in [-0.1, -0.05) is 0 Å². The normalized spacial score (nSPS) is 14.1. The molecule has 2 aromatic rings. The second kappa shape index (κ2) is 15.1. The zero-order chi connectivity index (χ0) is 28.1. The molecule has 0 aromatic carbocycles. The van der Waals surface area contributed by atoms with Gasteiger partial charge in [-0.2, -0.15) is 0 Å². The van der Waals surface area contributed by atoms with Crippen molar-refractivity contribution in [1.82, 2.24) is 35.9 Å². The summed E-state index contributed by atoms with van der Waals surface area (Å²) in [6.07, 6.45) is 5.98. The van der Waals surface area contributed by atoms with Crippen LogP contribution < -0.4 is 27.4 Å². The number of imidazole rings is 2. The van der Waals surface area contributed by atoms with E-state index in [1.165, 1.54) is 25.0 Å². The first-order chi connectivity index (χ1) is 18.1. The molecule has 38 heavy (non-hydrogen) atoms. The molecule has 2 aromatic heterocycles. The van der Waals surface area contributed by atoms with Crippen LogP contribution in [-0.2, 0) is 36.8 Å². The number of carbonyl (C=O) groups is 5. The third-order valence-electron chi connectivity index (χ3n) is 5.52. The standard InChI is InChI=1S/C22H33N9O7/c23-4-2-1-3-15(20(35)31-17(22(37)38)6-13-9-26-11-28-13)29-21(36)16(5-12-8-25-10-27-12)30-19(34)14(24)7-18(32)33/h8-11,14-17H,1-7,23-24H2,(H,25,27)(H,26,28)(H,29,36)(H,30,34)(H,31,35)(H,32,33)(H,37,38). The highest BCUT2D eigenvalue weighted by Crippen LogP contribution is 2.07. The van der Waals surface area contributed by atoms with Gasteiger partial charge in [-0.25, -0.2) is 14.8 Å². The van der Waals surface area contributed by atoms with E-state index in [2.05, 4.69) is 35.9 Å². The van der Waals surface area contributed by atoms with Crippen molar-refractivity contribution >= 4 is 29.7 Å². The number of hydrogen-bond donors (Lipinski definition) is 9. The van der Waals surface area contributed by atoms with Crippen LogP contribution in [-0.4, -0.2) is 90.5 Å². The maximum Gasteiger partial charge on any atom is 0.326 e. The summed E-state index contributed by atoms with van der Waals surface area (Å²) in [7, 11) is 0. The lowest BCUT2D eigenvalue weighted by atomic mass is 10.0. The molecule has 4 atom stereocenters. The fourth-order valence-electron chi connectivity index (χ4n) is 3.51. The number of nitrogens with one attached hydrogen (secondary N) is 5. The van der Waals surface area contributed by atoms with Gasteiger partial charge in [-0.05, 0) is 25.8 Å². The summed E-state index contributed by atoms with van der Waals surface area (Å²) in [6.45, 7) is 0.347. The Labute approximate surface area is 217 Å². The lowest BCUT2D eigenvalue weighted by Gasteiger charge is -2.25. The summed E-state index contributed by atoms with van der Waals surface area (Å²) in [6, 6.07) is -5.10. The maximum atomic E-state index is 13.2. The molecule has 0 saturated carbocycles. The van der Waals surface area contributed by atoms with Crippen LogP contribution in [0.1, 0.15) is 37.1 Å². The van der Waals surface area contributed by atoms with Gasteiger partial charge in [0.2, 0.25) is 17.7 Å². The van der Waals surface area contributed by atoms with Gasteiger partial charge in [0.15, 0.2) is 0 Å². The van der Waals surface area contributed by atoms with Gasteiger partial charge in [0.05, 0.1) is 25.1 Å². The number of nitrogens with two attached hydrogens (primary N) is 2. The highest BCUT2D eigenvalue weighted by atomic mass is 16.4. The third-order valence-corrected chi connectivity index (χ3v) is 5.52. The average Bonchev–Trinajstić information content (AvgIpc) is 3.56. The van der Waals surface area contributed by atoms with E-state index in [1.807, 2.05) is 0 Å². The summed E-state index contributed by atoms with van der Waals surface area (Å²) in [5, 5.41) is 25.9. The maximum absolute atomic E-state index is 13.2. The lowest BCUT2D eigenvalue weighted by molar-refractivity contribution is -0.142. The summed E-state index contributed by atoms with van der Waals surface area (Å²) in [5.41, 5.74) is 12.1. The van der Waals surface area contributed by atoms with E-state index in [0.29, 0.717) is 30.8 Å². The number of aliphatic carboxylic acids is 2. The molecule has 0 aliphatic heterocycles. The third kappa shape index (κ3) is 9.98. The minimum Gasteiger partial charge on any atom is -0.481 e. The van der Waals surface area contributed by atoms with Crippen LogP contribution in [0.15, 0.2) is 25.0 Å². The molecule has 0 bridgehead atoms. The zero-order valence-electron chi connectivity index (χ0n) is 20.6. The van der Waals surface area contributed by atoms with Crippen LogP contribution in [0.25, 0.3) is 0 Å². The van der Waals surface area contributed by atoms with Crippen LogP contribution in [0.3, 0.4) is 0 Å². The summed E-state index contributed by atoms with van der Waals surface area (Å²) < 4.78 is 0. The number of rotatable bonds is 17. The van der Waals surface area contributed by atoms with Crippen molar-refractivity contribution < 1.29 is 34.2 Å². The van der Waals surface area contributed by atoms with Gasteiger partial charge in [0, 0.05) is 36.6 Å². The Hall–Kier alpha value is -4.31. The number of nitrogens with zero attached hydrogens (tertiary/aromatic N) is 2.